The average Bonchev–Trinajstić information content (AvgIpc) is 3.51. The van der Waals surface area contributed by atoms with E-state index < -0.39 is 35.0 Å². The number of allylic oxidation sites excluding steroid dienone is 1. The number of hydrogen-bond donors (Lipinski definition) is 1. The Kier molecular flexibility index (Phi) is 9.85. The molecular weight excluding hydrogens is 508 g/mol. The second-order valence-corrected chi connectivity index (χ2v) is 11.5. The fourth-order valence-corrected chi connectivity index (χ4v) is 6.91. The normalized spacial score (nSPS) is 28.4. The van der Waals surface area contributed by atoms with Gasteiger partial charge < -0.3 is 24.4 Å². The summed E-state index contributed by atoms with van der Waals surface area (Å²) in [4.78, 5) is 45.5. The summed E-state index contributed by atoms with van der Waals surface area (Å²) in [5.41, 5.74) is -0.949. The van der Waals surface area contributed by atoms with Crippen molar-refractivity contribution in [1.29, 1.82) is 0 Å². The number of benzene rings is 1. The standard InChI is InChI=1S/C32H44N2O6/c1-4-6-14-22-39-30(38)26-25-28(36)34(20-12-7-8-13-21-35)27(32(25)18-17-31(26,3)40-32)29(37)33(19-5-2)23-24-15-10-9-11-16-24/h4-5,9-11,15-16,25-27,35H,1-2,6-8,12-14,17-23H2,3H3/t25-,26+,27?,31-,32?/m0/s1. The molecule has 218 valence electrons. The highest BCUT2D eigenvalue weighted by atomic mass is 16.6. The van der Waals surface area contributed by atoms with Crippen molar-refractivity contribution < 1.29 is 29.0 Å². The molecule has 3 aliphatic rings. The Labute approximate surface area is 238 Å². The van der Waals surface area contributed by atoms with Crippen molar-refractivity contribution in [3.05, 3.63) is 61.2 Å². The number of fused-ring (bicyclic) bond motifs is 1. The Morgan fingerprint density at radius 3 is 2.58 bits per heavy atom. The van der Waals surface area contributed by atoms with Crippen molar-refractivity contribution >= 4 is 17.8 Å². The molecule has 3 aliphatic heterocycles. The fourth-order valence-electron chi connectivity index (χ4n) is 6.91. The van der Waals surface area contributed by atoms with Gasteiger partial charge in [-0.1, -0.05) is 55.3 Å². The molecule has 5 atom stereocenters. The first-order valence-corrected chi connectivity index (χ1v) is 14.7. The molecule has 40 heavy (non-hydrogen) atoms. The molecule has 1 spiro atoms. The molecule has 0 aromatic heterocycles. The lowest BCUT2D eigenvalue weighted by Gasteiger charge is -2.37. The van der Waals surface area contributed by atoms with E-state index in [4.69, 9.17) is 14.6 Å². The van der Waals surface area contributed by atoms with Crippen LogP contribution in [0.1, 0.15) is 63.9 Å². The Bertz CT molecular complexity index is 1080. The lowest BCUT2D eigenvalue weighted by atomic mass is 9.66. The van der Waals surface area contributed by atoms with Crippen LogP contribution in [0.4, 0.5) is 0 Å². The van der Waals surface area contributed by atoms with Crippen LogP contribution >= 0.6 is 0 Å². The highest BCUT2D eigenvalue weighted by Crippen LogP contribution is 2.63. The predicted molar refractivity (Wildman–Crippen MR) is 152 cm³/mol. The topological polar surface area (TPSA) is 96.4 Å². The van der Waals surface area contributed by atoms with E-state index in [9.17, 15) is 14.4 Å². The van der Waals surface area contributed by atoms with Gasteiger partial charge in [0.05, 0.1) is 18.1 Å². The number of carbonyl (C=O) groups excluding carboxylic acids is 3. The number of hydrogen-bond acceptors (Lipinski definition) is 6. The molecule has 2 amide bonds. The minimum absolute atomic E-state index is 0.133. The summed E-state index contributed by atoms with van der Waals surface area (Å²) < 4.78 is 12.4. The summed E-state index contributed by atoms with van der Waals surface area (Å²) in [5, 5.41) is 9.16. The van der Waals surface area contributed by atoms with Gasteiger partial charge in [0, 0.05) is 26.2 Å². The third-order valence-corrected chi connectivity index (χ3v) is 8.75. The van der Waals surface area contributed by atoms with Gasteiger partial charge in [-0.25, -0.2) is 0 Å². The third-order valence-electron chi connectivity index (χ3n) is 8.75. The van der Waals surface area contributed by atoms with Gasteiger partial charge in [-0.3, -0.25) is 14.4 Å². The third kappa shape index (κ3) is 5.75. The molecule has 1 N–H and O–H groups in total. The van der Waals surface area contributed by atoms with Crippen LogP contribution in [-0.4, -0.2) is 76.2 Å². The number of rotatable bonds is 16. The van der Waals surface area contributed by atoms with Crippen LogP contribution in [0.2, 0.25) is 0 Å². The molecule has 1 aromatic carbocycles. The van der Waals surface area contributed by atoms with Gasteiger partial charge in [-0.15, -0.1) is 13.2 Å². The van der Waals surface area contributed by atoms with Gasteiger partial charge in [0.25, 0.3) is 0 Å². The van der Waals surface area contributed by atoms with Gasteiger partial charge in [0.15, 0.2) is 0 Å². The quantitative estimate of drug-likeness (QED) is 0.189. The van der Waals surface area contributed by atoms with Crippen LogP contribution in [0.15, 0.2) is 55.6 Å². The molecule has 2 bridgehead atoms. The first kappa shape index (κ1) is 30.0. The first-order chi connectivity index (χ1) is 19.3. The van der Waals surface area contributed by atoms with Crippen molar-refractivity contribution in [2.45, 2.75) is 82.1 Å². The van der Waals surface area contributed by atoms with E-state index in [0.29, 0.717) is 51.7 Å². The maximum absolute atomic E-state index is 14.4. The molecule has 4 rings (SSSR count). The van der Waals surface area contributed by atoms with E-state index in [2.05, 4.69) is 13.2 Å². The van der Waals surface area contributed by atoms with Crippen LogP contribution in [0.25, 0.3) is 0 Å². The Morgan fingerprint density at radius 1 is 1.12 bits per heavy atom. The van der Waals surface area contributed by atoms with Crippen molar-refractivity contribution in [3.8, 4) is 0 Å². The molecule has 2 unspecified atom stereocenters. The smallest absolute Gasteiger partial charge is 0.312 e. The van der Waals surface area contributed by atoms with E-state index in [1.54, 1.807) is 22.0 Å². The van der Waals surface area contributed by atoms with E-state index in [-0.39, 0.29) is 25.0 Å². The number of esters is 1. The molecule has 0 radical (unpaired) electrons. The van der Waals surface area contributed by atoms with Crippen LogP contribution < -0.4 is 0 Å². The summed E-state index contributed by atoms with van der Waals surface area (Å²) in [6.45, 7) is 11.0. The summed E-state index contributed by atoms with van der Waals surface area (Å²) in [7, 11) is 0. The SMILES string of the molecule is C=CCCCOC(=O)[C@H]1[C@H]2C(=O)N(CCCCCCO)C(C(=O)N(CC=C)Cc3ccccc3)C23CC[C@]1(C)O3. The molecular formula is C32H44N2O6. The van der Waals surface area contributed by atoms with E-state index in [1.807, 2.05) is 37.3 Å². The summed E-state index contributed by atoms with van der Waals surface area (Å²) >= 11 is 0. The molecule has 8 heteroatoms. The maximum atomic E-state index is 14.4. The number of aliphatic hydroxyl groups is 1. The lowest BCUT2D eigenvalue weighted by Crippen LogP contribution is -2.56. The van der Waals surface area contributed by atoms with Crippen molar-refractivity contribution in [2.24, 2.45) is 11.8 Å². The molecule has 1 aromatic rings. The number of amides is 2. The highest BCUT2D eigenvalue weighted by Gasteiger charge is 2.78. The minimum atomic E-state index is -1.07. The van der Waals surface area contributed by atoms with Crippen LogP contribution in [0.5, 0.6) is 0 Å². The molecule has 3 saturated heterocycles. The number of aliphatic hydroxyl groups excluding tert-OH is 1. The number of carbonyl (C=O) groups is 3. The number of nitrogens with zero attached hydrogens (tertiary/aromatic N) is 2. The van der Waals surface area contributed by atoms with Gasteiger partial charge in [-0.2, -0.15) is 0 Å². The number of likely N-dealkylation sites (tertiary alicyclic amines) is 1. The minimum Gasteiger partial charge on any atom is -0.465 e. The van der Waals surface area contributed by atoms with Gasteiger partial charge in [-0.05, 0) is 51.0 Å². The van der Waals surface area contributed by atoms with Crippen LogP contribution in [0.3, 0.4) is 0 Å². The van der Waals surface area contributed by atoms with Crippen molar-refractivity contribution in [1.82, 2.24) is 9.80 Å². The zero-order valence-corrected chi connectivity index (χ0v) is 23.8. The lowest BCUT2D eigenvalue weighted by molar-refractivity contribution is -0.160. The zero-order valence-electron chi connectivity index (χ0n) is 23.8. The maximum Gasteiger partial charge on any atom is 0.312 e. The second kappa shape index (κ2) is 13.1. The largest absolute Gasteiger partial charge is 0.465 e. The summed E-state index contributed by atoms with van der Waals surface area (Å²) in [6.07, 6.45) is 9.07. The molecule has 0 aliphatic carbocycles. The van der Waals surface area contributed by atoms with Gasteiger partial charge >= 0.3 is 5.97 Å². The molecule has 0 saturated carbocycles. The second-order valence-electron chi connectivity index (χ2n) is 11.5. The monoisotopic (exact) mass is 552 g/mol. The molecule has 3 heterocycles. The van der Waals surface area contributed by atoms with Crippen LogP contribution in [0, 0.1) is 11.8 Å². The van der Waals surface area contributed by atoms with Crippen LogP contribution in [-0.2, 0) is 30.4 Å². The first-order valence-electron chi connectivity index (χ1n) is 14.7. The zero-order chi connectivity index (χ0) is 28.8. The van der Waals surface area contributed by atoms with E-state index in [1.165, 1.54) is 0 Å². The highest BCUT2D eigenvalue weighted by molar-refractivity contribution is 5.98. The summed E-state index contributed by atoms with van der Waals surface area (Å²) in [6, 6.07) is 8.93. The predicted octanol–water partition coefficient (Wildman–Crippen LogP) is 4.03. The fraction of sp³-hybridized carbons (Fsp3) is 0.594. The van der Waals surface area contributed by atoms with E-state index in [0.717, 1.165) is 24.8 Å². The summed E-state index contributed by atoms with van der Waals surface area (Å²) in [5.74, 6) is -2.31. The number of unbranched alkanes of at least 4 members (excludes halogenated alkanes) is 4. The van der Waals surface area contributed by atoms with Gasteiger partial charge in [0.2, 0.25) is 11.8 Å². The Morgan fingerprint density at radius 2 is 1.88 bits per heavy atom. The average molecular weight is 553 g/mol. The van der Waals surface area contributed by atoms with Crippen molar-refractivity contribution in [2.75, 3.05) is 26.3 Å². The Balaban J connectivity index is 1.64. The van der Waals surface area contributed by atoms with Gasteiger partial charge in [0.1, 0.15) is 17.6 Å². The Hall–Kier alpha value is -2.97. The van der Waals surface area contributed by atoms with Crippen molar-refractivity contribution in [3.63, 3.8) is 0 Å². The molecule has 8 nitrogen and oxygen atoms in total. The number of ether oxygens (including phenoxy) is 2. The molecule has 3 fully saturated rings. The van der Waals surface area contributed by atoms with E-state index >= 15 is 0 Å².